The van der Waals surface area contributed by atoms with Crippen LogP contribution in [0.2, 0.25) is 0 Å². The molecule has 0 radical (unpaired) electrons. The Morgan fingerprint density at radius 3 is 2.68 bits per heavy atom. The highest BCUT2D eigenvalue weighted by Gasteiger charge is 2.41. The Balaban J connectivity index is 1.98. The summed E-state index contributed by atoms with van der Waals surface area (Å²) >= 11 is 5.20. The first-order valence-electron chi connectivity index (χ1n) is 7.04. The van der Waals surface area contributed by atoms with Crippen molar-refractivity contribution in [1.82, 2.24) is 5.32 Å². The summed E-state index contributed by atoms with van der Waals surface area (Å²) in [5.74, 6) is 0.844. The molecule has 0 atom stereocenters. The summed E-state index contributed by atoms with van der Waals surface area (Å²) in [5, 5.41) is 5.20. The van der Waals surface area contributed by atoms with Crippen LogP contribution in [0.3, 0.4) is 0 Å². The number of carbonyl (C=O) groups excluding carboxylic acids is 1. The third-order valence-corrected chi connectivity index (χ3v) is 5.87. The molecule has 1 amide bonds. The maximum atomic E-state index is 12.6. The zero-order chi connectivity index (χ0) is 13.9. The number of thiophene rings is 1. The van der Waals surface area contributed by atoms with Crippen LogP contribution in [0.5, 0.6) is 0 Å². The molecule has 0 spiro atoms. The molecule has 0 bridgehead atoms. The molecule has 0 saturated heterocycles. The Morgan fingerprint density at radius 1 is 1.47 bits per heavy atom. The summed E-state index contributed by atoms with van der Waals surface area (Å²) < 4.78 is 1.10. The predicted octanol–water partition coefficient (Wildman–Crippen LogP) is 4.73. The second-order valence-corrected chi connectivity index (χ2v) is 7.81. The van der Waals surface area contributed by atoms with E-state index in [1.165, 1.54) is 17.7 Å². The first kappa shape index (κ1) is 15.0. The van der Waals surface area contributed by atoms with Gasteiger partial charge in [0.25, 0.3) is 0 Å². The van der Waals surface area contributed by atoms with E-state index < -0.39 is 0 Å². The fourth-order valence-electron chi connectivity index (χ4n) is 3.16. The van der Waals surface area contributed by atoms with E-state index in [-0.39, 0.29) is 11.3 Å². The summed E-state index contributed by atoms with van der Waals surface area (Å²) in [6.07, 6.45) is 5.53. The van der Waals surface area contributed by atoms with Gasteiger partial charge in [0.2, 0.25) is 5.91 Å². The fourth-order valence-corrected chi connectivity index (χ4v) is 4.59. The highest BCUT2D eigenvalue weighted by molar-refractivity contribution is 9.10. The van der Waals surface area contributed by atoms with Gasteiger partial charge in [-0.3, -0.25) is 4.79 Å². The van der Waals surface area contributed by atoms with Gasteiger partial charge in [-0.25, -0.2) is 0 Å². The first-order chi connectivity index (χ1) is 9.03. The second-order valence-electron chi connectivity index (χ2n) is 5.96. The third kappa shape index (κ3) is 3.60. The van der Waals surface area contributed by atoms with E-state index in [0.29, 0.717) is 12.5 Å². The van der Waals surface area contributed by atoms with Crippen LogP contribution < -0.4 is 5.32 Å². The van der Waals surface area contributed by atoms with Crippen molar-refractivity contribution in [1.29, 1.82) is 0 Å². The Hall–Kier alpha value is -0.350. The lowest BCUT2D eigenvalue weighted by atomic mass is 9.77. The van der Waals surface area contributed by atoms with Crippen molar-refractivity contribution in [2.45, 2.75) is 52.5 Å². The van der Waals surface area contributed by atoms with Crippen LogP contribution in [0, 0.1) is 11.3 Å². The van der Waals surface area contributed by atoms with Crippen LogP contribution in [0.15, 0.2) is 15.9 Å². The lowest BCUT2D eigenvalue weighted by Gasteiger charge is -2.29. The molecule has 1 aliphatic rings. The van der Waals surface area contributed by atoms with Crippen molar-refractivity contribution in [3.63, 3.8) is 0 Å². The number of nitrogens with one attached hydrogen (secondary N) is 1. The molecule has 2 nitrogen and oxygen atoms in total. The summed E-state index contributed by atoms with van der Waals surface area (Å²) in [7, 11) is 0. The highest BCUT2D eigenvalue weighted by atomic mass is 79.9. The van der Waals surface area contributed by atoms with Gasteiger partial charge in [-0.15, -0.1) is 11.3 Å². The molecule has 1 aromatic heterocycles. The Bertz CT molecular complexity index is 435. The minimum absolute atomic E-state index is 0.0993. The van der Waals surface area contributed by atoms with Crippen molar-refractivity contribution >= 4 is 33.2 Å². The van der Waals surface area contributed by atoms with Gasteiger partial charge in [-0.1, -0.05) is 26.7 Å². The van der Waals surface area contributed by atoms with Crippen LogP contribution in [-0.4, -0.2) is 5.91 Å². The van der Waals surface area contributed by atoms with Crippen molar-refractivity contribution in [2.24, 2.45) is 11.3 Å². The largest absolute Gasteiger partial charge is 0.351 e. The minimum atomic E-state index is -0.0993. The van der Waals surface area contributed by atoms with Crippen molar-refractivity contribution in [3.05, 3.63) is 20.8 Å². The minimum Gasteiger partial charge on any atom is -0.351 e. The van der Waals surface area contributed by atoms with Crippen LogP contribution in [-0.2, 0) is 11.3 Å². The normalized spacial score (nSPS) is 17.9. The van der Waals surface area contributed by atoms with Gasteiger partial charge in [-0.2, -0.15) is 0 Å². The molecule has 19 heavy (non-hydrogen) atoms. The van der Waals surface area contributed by atoms with Gasteiger partial charge in [0.05, 0.1) is 6.54 Å². The Kier molecular flexibility index (Phi) is 5.07. The number of carbonyl (C=O) groups is 1. The summed E-state index contributed by atoms with van der Waals surface area (Å²) in [6.45, 7) is 5.07. The van der Waals surface area contributed by atoms with Gasteiger partial charge in [0, 0.05) is 14.8 Å². The average Bonchev–Trinajstić information content (AvgIpc) is 2.96. The highest BCUT2D eigenvalue weighted by Crippen LogP contribution is 2.43. The smallest absolute Gasteiger partial charge is 0.226 e. The molecule has 0 unspecified atom stereocenters. The van der Waals surface area contributed by atoms with Crippen LogP contribution in [0.4, 0.5) is 0 Å². The van der Waals surface area contributed by atoms with E-state index in [4.69, 9.17) is 0 Å². The molecule has 0 aliphatic heterocycles. The number of amides is 1. The van der Waals surface area contributed by atoms with Crippen LogP contribution >= 0.6 is 27.3 Å². The Labute approximate surface area is 128 Å². The standard InChI is InChI=1S/C15H22BrNOS/c1-11(2)9-15(6-3-4-7-15)14(18)17-10-13-12(16)5-8-19-13/h5,8,11H,3-4,6-7,9-10H2,1-2H3,(H,17,18). The first-order valence-corrected chi connectivity index (χ1v) is 8.71. The third-order valence-electron chi connectivity index (χ3n) is 3.94. The molecule has 1 aliphatic carbocycles. The van der Waals surface area contributed by atoms with E-state index in [2.05, 4.69) is 35.1 Å². The van der Waals surface area contributed by atoms with E-state index in [0.717, 1.165) is 23.7 Å². The molecular weight excluding hydrogens is 322 g/mol. The van der Waals surface area contributed by atoms with E-state index in [1.54, 1.807) is 11.3 Å². The maximum absolute atomic E-state index is 12.6. The molecule has 1 fully saturated rings. The van der Waals surface area contributed by atoms with Gasteiger partial charge < -0.3 is 5.32 Å². The fraction of sp³-hybridized carbons (Fsp3) is 0.667. The zero-order valence-electron chi connectivity index (χ0n) is 11.7. The quantitative estimate of drug-likeness (QED) is 0.822. The lowest BCUT2D eigenvalue weighted by molar-refractivity contribution is -0.132. The molecule has 1 N–H and O–H groups in total. The summed E-state index contributed by atoms with van der Waals surface area (Å²) in [4.78, 5) is 13.8. The average molecular weight is 344 g/mol. The van der Waals surface area contributed by atoms with Crippen LogP contribution in [0.25, 0.3) is 0 Å². The predicted molar refractivity (Wildman–Crippen MR) is 84.2 cm³/mol. The monoisotopic (exact) mass is 343 g/mol. The number of halogens is 1. The Morgan fingerprint density at radius 2 is 2.16 bits per heavy atom. The van der Waals surface area contributed by atoms with Crippen LogP contribution in [0.1, 0.15) is 50.8 Å². The summed E-state index contributed by atoms with van der Waals surface area (Å²) in [5.41, 5.74) is -0.0993. The molecule has 1 aromatic rings. The summed E-state index contributed by atoms with van der Waals surface area (Å²) in [6, 6.07) is 2.03. The molecule has 2 rings (SSSR count). The van der Waals surface area contributed by atoms with Gasteiger partial charge in [-0.05, 0) is 52.6 Å². The number of hydrogen-bond acceptors (Lipinski definition) is 2. The van der Waals surface area contributed by atoms with E-state index >= 15 is 0 Å². The van der Waals surface area contributed by atoms with Crippen molar-refractivity contribution in [3.8, 4) is 0 Å². The van der Waals surface area contributed by atoms with Gasteiger partial charge in [0.1, 0.15) is 0 Å². The molecular formula is C15H22BrNOS. The molecule has 1 heterocycles. The second kappa shape index (κ2) is 6.40. The van der Waals surface area contributed by atoms with E-state index in [9.17, 15) is 4.79 Å². The van der Waals surface area contributed by atoms with Crippen molar-refractivity contribution in [2.75, 3.05) is 0 Å². The van der Waals surface area contributed by atoms with Gasteiger partial charge >= 0.3 is 0 Å². The molecule has 1 saturated carbocycles. The van der Waals surface area contributed by atoms with E-state index in [1.807, 2.05) is 11.4 Å². The lowest BCUT2D eigenvalue weighted by Crippen LogP contribution is -2.39. The number of hydrogen-bond donors (Lipinski definition) is 1. The molecule has 0 aromatic carbocycles. The SMILES string of the molecule is CC(C)CC1(C(=O)NCc2sccc2Br)CCCC1. The zero-order valence-corrected chi connectivity index (χ0v) is 14.1. The number of rotatable bonds is 5. The topological polar surface area (TPSA) is 29.1 Å². The molecule has 4 heteroatoms. The maximum Gasteiger partial charge on any atom is 0.226 e. The molecule has 106 valence electrons. The van der Waals surface area contributed by atoms with Crippen molar-refractivity contribution < 1.29 is 4.79 Å². The van der Waals surface area contributed by atoms with Gasteiger partial charge in [0.15, 0.2) is 0 Å².